The molecule has 0 spiro atoms. The third-order valence-corrected chi connectivity index (χ3v) is 4.89. The lowest BCUT2D eigenvalue weighted by Crippen LogP contribution is -2.48. The van der Waals surface area contributed by atoms with E-state index in [1.165, 1.54) is 11.3 Å². The maximum atomic E-state index is 12.6. The highest BCUT2D eigenvalue weighted by Gasteiger charge is 2.52. The summed E-state index contributed by atoms with van der Waals surface area (Å²) in [5, 5.41) is 22.3. The van der Waals surface area contributed by atoms with E-state index in [0.717, 1.165) is 5.69 Å². The lowest BCUT2D eigenvalue weighted by molar-refractivity contribution is 0.0603. The number of anilines is 1. The summed E-state index contributed by atoms with van der Waals surface area (Å²) in [5.74, 6) is 0.0789. The molecule has 2 aromatic rings. The molecule has 2 aliphatic heterocycles. The summed E-state index contributed by atoms with van der Waals surface area (Å²) in [6.45, 7) is 0.491. The zero-order valence-electron chi connectivity index (χ0n) is 11.5. The predicted molar refractivity (Wildman–Crippen MR) is 83.8 cm³/mol. The summed E-state index contributed by atoms with van der Waals surface area (Å²) in [6.07, 6.45) is 0.302. The second-order valence-corrected chi connectivity index (χ2v) is 6.22. The molecule has 5 nitrogen and oxygen atoms in total. The Hall–Kier alpha value is -2.49. The van der Waals surface area contributed by atoms with E-state index in [1.54, 1.807) is 29.6 Å². The molecule has 22 heavy (non-hydrogen) atoms. The molecule has 0 amide bonds. The predicted octanol–water partition coefficient (Wildman–Crippen LogP) is 2.49. The van der Waals surface area contributed by atoms with Gasteiger partial charge in [0.25, 0.3) is 0 Å². The number of nitriles is 1. The molecule has 0 aliphatic carbocycles. The topological polar surface area (TPSA) is 76.7 Å². The van der Waals surface area contributed by atoms with Gasteiger partial charge in [0.2, 0.25) is 5.78 Å². The van der Waals surface area contributed by atoms with Gasteiger partial charge in [-0.05, 0) is 29.6 Å². The maximum absolute atomic E-state index is 12.6. The Morgan fingerprint density at radius 3 is 3.09 bits per heavy atom. The molecule has 3 heterocycles. The minimum atomic E-state index is -1.56. The number of aliphatic hydroxyl groups is 1. The molecule has 108 valence electrons. The van der Waals surface area contributed by atoms with Crippen LogP contribution in [0.3, 0.4) is 0 Å². The summed E-state index contributed by atoms with van der Waals surface area (Å²) in [6, 6.07) is 10.9. The molecule has 4 rings (SSSR count). The van der Waals surface area contributed by atoms with Gasteiger partial charge in [0.05, 0.1) is 17.2 Å². The fraction of sp³-hybridized carbons (Fsp3) is 0.188. The smallest absolute Gasteiger partial charge is 0.205 e. The molecule has 1 saturated heterocycles. The first-order valence-corrected chi connectivity index (χ1v) is 7.73. The fourth-order valence-corrected chi connectivity index (χ4v) is 3.72. The van der Waals surface area contributed by atoms with Crippen molar-refractivity contribution in [3.63, 3.8) is 0 Å². The van der Waals surface area contributed by atoms with Crippen LogP contribution in [0.25, 0.3) is 0 Å². The Kier molecular flexibility index (Phi) is 2.70. The molecule has 1 fully saturated rings. The van der Waals surface area contributed by atoms with Gasteiger partial charge in [-0.2, -0.15) is 5.26 Å². The van der Waals surface area contributed by atoms with Gasteiger partial charge in [0.1, 0.15) is 5.00 Å². The van der Waals surface area contributed by atoms with Crippen LogP contribution >= 0.6 is 11.3 Å². The first-order chi connectivity index (χ1) is 10.6. The van der Waals surface area contributed by atoms with E-state index in [-0.39, 0.29) is 5.78 Å². The normalized spacial score (nSPS) is 22.8. The van der Waals surface area contributed by atoms with Gasteiger partial charge in [-0.3, -0.25) is 4.79 Å². The molecule has 6 heteroatoms. The highest BCUT2D eigenvalue weighted by Crippen LogP contribution is 2.41. The van der Waals surface area contributed by atoms with Gasteiger partial charge in [-0.1, -0.05) is 6.07 Å². The second-order valence-electron chi connectivity index (χ2n) is 5.33. The number of thiophene rings is 1. The average Bonchev–Trinajstić information content (AvgIpc) is 3.13. The zero-order valence-corrected chi connectivity index (χ0v) is 12.3. The molecular formula is C16H11N3O2S. The summed E-state index contributed by atoms with van der Waals surface area (Å²) < 4.78 is 0. The lowest BCUT2D eigenvalue weighted by atomic mass is 9.90. The first kappa shape index (κ1) is 13.2. The fourth-order valence-electron chi connectivity index (χ4n) is 2.96. The Bertz CT molecular complexity index is 864. The van der Waals surface area contributed by atoms with Gasteiger partial charge < -0.3 is 10.0 Å². The summed E-state index contributed by atoms with van der Waals surface area (Å²) in [4.78, 5) is 18.9. The van der Waals surface area contributed by atoms with E-state index in [1.807, 2.05) is 11.0 Å². The number of nitrogens with zero attached hydrogens (tertiary/aromatic N) is 3. The number of amidine groups is 1. The van der Waals surface area contributed by atoms with Crippen LogP contribution in [0.2, 0.25) is 0 Å². The first-order valence-electron chi connectivity index (χ1n) is 6.85. The standard InChI is InChI=1S/C16H11N3O2S/c17-9-10-2-1-3-11(8-10)19-6-5-16(21)13(20)12-4-7-22-14(12)18-15(16)19/h1-4,7-8,21H,5-6H2. The Balaban J connectivity index is 1.85. The summed E-state index contributed by atoms with van der Waals surface area (Å²) >= 11 is 1.38. The molecule has 0 saturated carbocycles. The molecule has 1 atom stereocenters. The van der Waals surface area contributed by atoms with Crippen molar-refractivity contribution < 1.29 is 9.90 Å². The number of hydrogen-bond acceptors (Lipinski definition) is 6. The molecule has 0 bridgehead atoms. The third-order valence-electron chi connectivity index (χ3n) is 4.08. The van der Waals surface area contributed by atoms with Gasteiger partial charge >= 0.3 is 0 Å². The Morgan fingerprint density at radius 2 is 2.27 bits per heavy atom. The second kappa shape index (κ2) is 4.50. The number of rotatable bonds is 1. The maximum Gasteiger partial charge on any atom is 0.205 e. The van der Waals surface area contributed by atoms with Crippen molar-refractivity contribution in [2.24, 2.45) is 4.99 Å². The molecule has 1 unspecified atom stereocenters. The third kappa shape index (κ3) is 1.67. The average molecular weight is 309 g/mol. The van der Waals surface area contributed by atoms with E-state index >= 15 is 0 Å². The van der Waals surface area contributed by atoms with Gasteiger partial charge in [-0.15, -0.1) is 11.3 Å². The van der Waals surface area contributed by atoms with E-state index in [0.29, 0.717) is 34.9 Å². The molecule has 1 N–H and O–H groups in total. The molecule has 0 radical (unpaired) electrons. The largest absolute Gasteiger partial charge is 0.374 e. The quantitative estimate of drug-likeness (QED) is 0.878. The minimum Gasteiger partial charge on any atom is -0.374 e. The monoisotopic (exact) mass is 309 g/mol. The van der Waals surface area contributed by atoms with Crippen molar-refractivity contribution in [1.29, 1.82) is 5.26 Å². The van der Waals surface area contributed by atoms with Crippen LogP contribution in [0.1, 0.15) is 22.3 Å². The number of fused-ring (bicyclic) bond motifs is 2. The summed E-state index contributed by atoms with van der Waals surface area (Å²) in [7, 11) is 0. The van der Waals surface area contributed by atoms with Crippen molar-refractivity contribution in [1.82, 2.24) is 0 Å². The van der Waals surface area contributed by atoms with Crippen molar-refractivity contribution in [2.75, 3.05) is 11.4 Å². The van der Waals surface area contributed by atoms with Gasteiger partial charge in [0.15, 0.2) is 11.4 Å². The van der Waals surface area contributed by atoms with Gasteiger partial charge in [0, 0.05) is 18.7 Å². The summed E-state index contributed by atoms with van der Waals surface area (Å²) in [5.41, 5.74) is 0.231. The molecule has 2 aliphatic rings. The number of benzene rings is 1. The Labute approximate surface area is 130 Å². The van der Waals surface area contributed by atoms with Crippen molar-refractivity contribution in [2.45, 2.75) is 12.0 Å². The van der Waals surface area contributed by atoms with Crippen LogP contribution in [0.4, 0.5) is 10.7 Å². The SMILES string of the molecule is N#Cc1cccc(N2CCC3(O)C(=O)c4ccsc4N=C23)c1. The van der Waals surface area contributed by atoms with Crippen LogP contribution in [-0.2, 0) is 0 Å². The number of carbonyl (C=O) groups is 1. The van der Waals surface area contributed by atoms with Crippen LogP contribution < -0.4 is 4.90 Å². The van der Waals surface area contributed by atoms with Crippen LogP contribution in [0.15, 0.2) is 40.7 Å². The number of carbonyl (C=O) groups excluding carboxylic acids is 1. The Morgan fingerprint density at radius 1 is 1.41 bits per heavy atom. The molecule has 1 aromatic heterocycles. The number of Topliss-reactive ketones (excluding diaryl/α,β-unsaturated/α-hetero) is 1. The van der Waals surface area contributed by atoms with E-state index < -0.39 is 5.60 Å². The highest BCUT2D eigenvalue weighted by atomic mass is 32.1. The van der Waals surface area contributed by atoms with Crippen LogP contribution in [0.5, 0.6) is 0 Å². The van der Waals surface area contributed by atoms with Crippen LogP contribution in [-0.4, -0.2) is 28.9 Å². The molecule has 1 aromatic carbocycles. The van der Waals surface area contributed by atoms with Crippen LogP contribution in [0, 0.1) is 11.3 Å². The van der Waals surface area contributed by atoms with Crippen molar-refractivity contribution in [3.05, 3.63) is 46.8 Å². The minimum absolute atomic E-state index is 0.285. The van der Waals surface area contributed by atoms with E-state index in [4.69, 9.17) is 5.26 Å². The van der Waals surface area contributed by atoms with Gasteiger partial charge in [-0.25, -0.2) is 4.99 Å². The molecular weight excluding hydrogens is 298 g/mol. The van der Waals surface area contributed by atoms with Crippen molar-refractivity contribution >= 4 is 33.6 Å². The zero-order chi connectivity index (χ0) is 15.3. The van der Waals surface area contributed by atoms with E-state index in [9.17, 15) is 9.90 Å². The lowest BCUT2D eigenvalue weighted by Gasteiger charge is -2.28. The van der Waals surface area contributed by atoms with E-state index in [2.05, 4.69) is 11.1 Å². The number of hydrogen-bond donors (Lipinski definition) is 1. The highest BCUT2D eigenvalue weighted by molar-refractivity contribution is 7.14. The number of aliphatic imine (C=N–C) groups is 1. The number of ketones is 1. The van der Waals surface area contributed by atoms with Crippen molar-refractivity contribution in [3.8, 4) is 6.07 Å².